The summed E-state index contributed by atoms with van der Waals surface area (Å²) in [6.45, 7) is 1.18. The highest BCUT2D eigenvalue weighted by Crippen LogP contribution is 2.44. The van der Waals surface area contributed by atoms with Crippen LogP contribution in [0.1, 0.15) is 46.2 Å². The Morgan fingerprint density at radius 2 is 0.542 bits per heavy atom. The first-order valence-electron chi connectivity index (χ1n) is 17.1. The average Bonchev–Trinajstić information content (AvgIpc) is 3.18. The fourth-order valence-electron chi connectivity index (χ4n) is 7.34. The number of hydrogen-bond donors (Lipinski definition) is 0. The molecule has 48 heavy (non-hydrogen) atoms. The molecule has 0 heterocycles. The molecule has 0 radical (unpaired) electrons. The van der Waals surface area contributed by atoms with E-state index < -0.39 is 11.2 Å². The van der Waals surface area contributed by atoms with E-state index in [1.54, 1.807) is 0 Å². The zero-order valence-corrected chi connectivity index (χ0v) is 27.3. The summed E-state index contributed by atoms with van der Waals surface area (Å²) in [6, 6.07) is 64.0. The van der Waals surface area contributed by atoms with Gasteiger partial charge in [0.05, 0.1) is 13.2 Å². The van der Waals surface area contributed by atoms with Crippen molar-refractivity contribution in [2.24, 2.45) is 11.8 Å². The van der Waals surface area contributed by atoms with Gasteiger partial charge in [0.1, 0.15) is 11.2 Å². The van der Waals surface area contributed by atoms with Gasteiger partial charge in [0.2, 0.25) is 0 Å². The Bertz CT molecular complexity index is 1520. The standard InChI is InChI=1S/C46H42O2/c1-7-23-39(24-8-1)45(40-25-9-2-10-26-40,41-27-11-3-12-28-41)47-35-37-21-19-20-22-38(37)36-48-46(42-29-13-4-14-30-42,43-31-15-5-16-32-43)44-33-17-6-18-34-44/h1-20,23-34,37-38H,21-22,35-36H2/t37-,38-/m1/s1. The normalized spacial score (nSPS) is 16.4. The maximum atomic E-state index is 7.35. The molecular weight excluding hydrogens is 585 g/mol. The molecule has 0 N–H and O–H groups in total. The molecule has 0 aliphatic heterocycles. The van der Waals surface area contributed by atoms with Crippen molar-refractivity contribution < 1.29 is 9.47 Å². The Balaban J connectivity index is 1.24. The summed E-state index contributed by atoms with van der Waals surface area (Å²) in [5.74, 6) is 0.538. The second kappa shape index (κ2) is 14.8. The minimum atomic E-state index is -0.752. The molecule has 0 saturated heterocycles. The highest BCUT2D eigenvalue weighted by molar-refractivity contribution is 5.49. The highest BCUT2D eigenvalue weighted by Gasteiger charge is 2.41. The van der Waals surface area contributed by atoms with Crippen molar-refractivity contribution in [3.8, 4) is 0 Å². The van der Waals surface area contributed by atoms with Crippen LogP contribution in [0, 0.1) is 11.8 Å². The van der Waals surface area contributed by atoms with E-state index in [2.05, 4.69) is 194 Å². The SMILES string of the molecule is C1=CC[C@H](COC(c2ccccc2)(c2ccccc2)c2ccccc2)[C@@H](COC(c2ccccc2)(c2ccccc2)c2ccccc2)C1. The lowest BCUT2D eigenvalue weighted by molar-refractivity contribution is -0.0536. The third-order valence-electron chi connectivity index (χ3n) is 9.82. The Morgan fingerprint density at radius 3 is 0.750 bits per heavy atom. The van der Waals surface area contributed by atoms with Crippen LogP contribution >= 0.6 is 0 Å². The Labute approximate surface area is 285 Å². The maximum Gasteiger partial charge on any atom is 0.143 e. The molecule has 0 bridgehead atoms. The molecular formula is C46H42O2. The van der Waals surface area contributed by atoms with Crippen LogP contribution in [0.4, 0.5) is 0 Å². The number of hydrogen-bond acceptors (Lipinski definition) is 2. The van der Waals surface area contributed by atoms with Crippen LogP contribution in [0.3, 0.4) is 0 Å². The molecule has 0 spiro atoms. The summed E-state index contributed by atoms with van der Waals surface area (Å²) in [7, 11) is 0. The van der Waals surface area contributed by atoms with E-state index >= 15 is 0 Å². The molecule has 2 nitrogen and oxygen atoms in total. The van der Waals surface area contributed by atoms with Gasteiger partial charge in [-0.25, -0.2) is 0 Å². The van der Waals surface area contributed by atoms with E-state index in [1.165, 1.54) is 0 Å². The largest absolute Gasteiger partial charge is 0.361 e. The van der Waals surface area contributed by atoms with Gasteiger partial charge in [-0.05, 0) is 58.1 Å². The van der Waals surface area contributed by atoms with Gasteiger partial charge in [0.15, 0.2) is 0 Å². The van der Waals surface area contributed by atoms with Crippen molar-refractivity contribution in [3.63, 3.8) is 0 Å². The minimum absolute atomic E-state index is 0.269. The van der Waals surface area contributed by atoms with Crippen LogP contribution < -0.4 is 0 Å². The Morgan fingerprint density at radius 1 is 0.333 bits per heavy atom. The highest BCUT2D eigenvalue weighted by atomic mass is 16.5. The van der Waals surface area contributed by atoms with Gasteiger partial charge in [-0.15, -0.1) is 0 Å². The second-order valence-corrected chi connectivity index (χ2v) is 12.6. The Kier molecular flexibility index (Phi) is 9.75. The molecule has 2 atom stereocenters. The topological polar surface area (TPSA) is 18.5 Å². The van der Waals surface area contributed by atoms with E-state index in [-0.39, 0.29) is 11.8 Å². The van der Waals surface area contributed by atoms with Gasteiger partial charge in [0.25, 0.3) is 0 Å². The van der Waals surface area contributed by atoms with Crippen LogP contribution in [-0.4, -0.2) is 13.2 Å². The summed E-state index contributed by atoms with van der Waals surface area (Å²) in [6.07, 6.45) is 6.52. The molecule has 0 saturated carbocycles. The first-order chi connectivity index (χ1) is 23.8. The Hall–Kier alpha value is -5.02. The third kappa shape index (κ3) is 6.30. The van der Waals surface area contributed by atoms with Crippen molar-refractivity contribution in [2.45, 2.75) is 24.0 Å². The quantitative estimate of drug-likeness (QED) is 0.0994. The van der Waals surface area contributed by atoms with Crippen molar-refractivity contribution in [1.29, 1.82) is 0 Å². The fraction of sp³-hybridized carbons (Fsp3) is 0.174. The van der Waals surface area contributed by atoms with E-state index in [0.29, 0.717) is 13.2 Å². The summed E-state index contributed by atoms with van der Waals surface area (Å²) in [5.41, 5.74) is 5.23. The van der Waals surface area contributed by atoms with Gasteiger partial charge < -0.3 is 9.47 Å². The maximum absolute atomic E-state index is 7.35. The summed E-state index contributed by atoms with van der Waals surface area (Å²) >= 11 is 0. The van der Waals surface area contributed by atoms with Crippen LogP contribution in [0.5, 0.6) is 0 Å². The molecule has 2 heteroatoms. The van der Waals surface area contributed by atoms with Gasteiger partial charge in [-0.2, -0.15) is 0 Å². The van der Waals surface area contributed by atoms with Gasteiger partial charge >= 0.3 is 0 Å². The van der Waals surface area contributed by atoms with Crippen LogP contribution in [0.2, 0.25) is 0 Å². The lowest BCUT2D eigenvalue weighted by Crippen LogP contribution is -2.39. The van der Waals surface area contributed by atoms with Crippen LogP contribution in [-0.2, 0) is 20.7 Å². The van der Waals surface area contributed by atoms with Crippen molar-refractivity contribution in [1.82, 2.24) is 0 Å². The summed E-state index contributed by atoms with van der Waals surface area (Å²) in [5, 5.41) is 0. The van der Waals surface area contributed by atoms with Crippen LogP contribution in [0.25, 0.3) is 0 Å². The number of ether oxygens (including phenoxy) is 2. The molecule has 7 rings (SSSR count). The molecule has 6 aromatic carbocycles. The molecule has 0 aromatic heterocycles. The van der Waals surface area contributed by atoms with Gasteiger partial charge in [-0.1, -0.05) is 194 Å². The lowest BCUT2D eigenvalue weighted by Gasteiger charge is -2.40. The minimum Gasteiger partial charge on any atom is -0.361 e. The van der Waals surface area contributed by atoms with E-state index in [9.17, 15) is 0 Å². The second-order valence-electron chi connectivity index (χ2n) is 12.6. The first-order valence-corrected chi connectivity index (χ1v) is 17.1. The first kappa shape index (κ1) is 31.6. The molecule has 0 amide bonds. The fourth-order valence-corrected chi connectivity index (χ4v) is 7.34. The summed E-state index contributed by atoms with van der Waals surface area (Å²) in [4.78, 5) is 0. The molecule has 0 unspecified atom stereocenters. The van der Waals surface area contributed by atoms with E-state index in [4.69, 9.17) is 9.47 Å². The molecule has 1 aliphatic carbocycles. The van der Waals surface area contributed by atoms with Crippen LogP contribution in [0.15, 0.2) is 194 Å². The zero-order valence-electron chi connectivity index (χ0n) is 27.3. The third-order valence-corrected chi connectivity index (χ3v) is 9.82. The van der Waals surface area contributed by atoms with Gasteiger partial charge in [-0.3, -0.25) is 0 Å². The molecule has 6 aromatic rings. The van der Waals surface area contributed by atoms with Crippen molar-refractivity contribution >= 4 is 0 Å². The van der Waals surface area contributed by atoms with Crippen molar-refractivity contribution in [3.05, 3.63) is 228 Å². The van der Waals surface area contributed by atoms with E-state index in [1.807, 2.05) is 0 Å². The number of allylic oxidation sites excluding steroid dienone is 2. The van der Waals surface area contributed by atoms with E-state index in [0.717, 1.165) is 46.2 Å². The molecule has 1 aliphatic rings. The number of benzene rings is 6. The zero-order chi connectivity index (χ0) is 32.5. The predicted molar refractivity (Wildman–Crippen MR) is 196 cm³/mol. The lowest BCUT2D eigenvalue weighted by atomic mass is 9.78. The van der Waals surface area contributed by atoms with Crippen molar-refractivity contribution in [2.75, 3.05) is 13.2 Å². The summed E-state index contributed by atoms with van der Waals surface area (Å²) < 4.78 is 14.7. The molecule has 0 fully saturated rings. The predicted octanol–water partition coefficient (Wildman–Crippen LogP) is 10.6. The smallest absolute Gasteiger partial charge is 0.143 e. The monoisotopic (exact) mass is 626 g/mol. The number of rotatable bonds is 12. The van der Waals surface area contributed by atoms with Gasteiger partial charge in [0, 0.05) is 0 Å². The molecule has 238 valence electrons. The average molecular weight is 627 g/mol.